The van der Waals surface area contributed by atoms with E-state index in [0.717, 1.165) is 5.56 Å². The van der Waals surface area contributed by atoms with Crippen molar-refractivity contribution in [3.8, 4) is 11.4 Å². The third-order valence-corrected chi connectivity index (χ3v) is 3.66. The van der Waals surface area contributed by atoms with Crippen LogP contribution in [0.4, 0.5) is 0 Å². The number of H-pyrrole nitrogens is 1. The van der Waals surface area contributed by atoms with Crippen LogP contribution in [0.1, 0.15) is 5.56 Å². The number of nitrogens with zero attached hydrogens (tertiary/aromatic N) is 2. The molecule has 0 aliphatic heterocycles. The highest BCUT2D eigenvalue weighted by atomic mass is 35.5. The molecule has 112 valence electrons. The highest BCUT2D eigenvalue weighted by molar-refractivity contribution is 6.35. The molecule has 2 aromatic carbocycles. The van der Waals surface area contributed by atoms with E-state index in [-0.39, 0.29) is 5.69 Å². The molecule has 0 spiro atoms. The van der Waals surface area contributed by atoms with E-state index in [2.05, 4.69) is 10.2 Å². The molecule has 1 heterocycles. The quantitative estimate of drug-likeness (QED) is 0.794. The topological polar surface area (TPSA) is 59.9 Å². The molecule has 0 aliphatic rings. The Hall–Kier alpha value is -2.24. The summed E-state index contributed by atoms with van der Waals surface area (Å²) < 4.78 is 7.08. The van der Waals surface area contributed by atoms with Gasteiger partial charge in [-0.1, -0.05) is 29.3 Å². The monoisotopic (exact) mass is 335 g/mol. The molecule has 0 saturated carbocycles. The number of nitrogens with one attached hydrogen (secondary N) is 1. The average Bonchev–Trinajstić information content (AvgIpc) is 2.93. The standard InChI is InChI=1S/C15H11Cl2N3O2/c16-11-2-1-10(14(17)7-11)8-22-13-5-3-12(4-6-13)20-9-18-19-15(20)21/h1-7,9H,8H2,(H,19,21). The van der Waals surface area contributed by atoms with Crippen LogP contribution in [0.25, 0.3) is 5.69 Å². The summed E-state index contributed by atoms with van der Waals surface area (Å²) in [6.45, 7) is 0.334. The molecule has 0 bridgehead atoms. The summed E-state index contributed by atoms with van der Waals surface area (Å²) >= 11 is 11.9. The maximum absolute atomic E-state index is 11.5. The summed E-state index contributed by atoms with van der Waals surface area (Å²) in [5, 5.41) is 7.17. The fourth-order valence-electron chi connectivity index (χ4n) is 1.93. The summed E-state index contributed by atoms with van der Waals surface area (Å²) in [5.74, 6) is 0.673. The second-order valence-electron chi connectivity index (χ2n) is 4.55. The van der Waals surface area contributed by atoms with Crippen LogP contribution < -0.4 is 10.4 Å². The number of hydrogen-bond donors (Lipinski definition) is 1. The third kappa shape index (κ3) is 3.16. The number of aromatic nitrogens is 3. The van der Waals surface area contributed by atoms with Gasteiger partial charge in [0.05, 0.1) is 5.69 Å². The van der Waals surface area contributed by atoms with Gasteiger partial charge < -0.3 is 4.74 Å². The van der Waals surface area contributed by atoms with Gasteiger partial charge in [0, 0.05) is 15.6 Å². The van der Waals surface area contributed by atoms with Crippen molar-refractivity contribution < 1.29 is 4.74 Å². The van der Waals surface area contributed by atoms with Crippen LogP contribution in [0, 0.1) is 0 Å². The van der Waals surface area contributed by atoms with E-state index in [0.29, 0.717) is 28.1 Å². The molecule has 0 atom stereocenters. The van der Waals surface area contributed by atoms with Crippen LogP contribution in [-0.2, 0) is 6.61 Å². The molecule has 1 aromatic heterocycles. The maximum atomic E-state index is 11.5. The zero-order valence-electron chi connectivity index (χ0n) is 11.3. The van der Waals surface area contributed by atoms with Crippen molar-refractivity contribution in [1.82, 2.24) is 14.8 Å². The van der Waals surface area contributed by atoms with E-state index < -0.39 is 0 Å². The lowest BCUT2D eigenvalue weighted by Crippen LogP contribution is -2.13. The van der Waals surface area contributed by atoms with Gasteiger partial charge in [0.2, 0.25) is 0 Å². The first-order valence-electron chi connectivity index (χ1n) is 6.43. The molecular weight excluding hydrogens is 325 g/mol. The lowest BCUT2D eigenvalue weighted by Gasteiger charge is -2.09. The number of benzene rings is 2. The normalized spacial score (nSPS) is 10.6. The Morgan fingerprint density at radius 2 is 1.91 bits per heavy atom. The number of halogens is 2. The summed E-state index contributed by atoms with van der Waals surface area (Å²) in [5.41, 5.74) is 1.26. The van der Waals surface area contributed by atoms with Crippen LogP contribution >= 0.6 is 23.2 Å². The summed E-state index contributed by atoms with van der Waals surface area (Å²) in [4.78, 5) is 11.5. The minimum atomic E-state index is -0.290. The lowest BCUT2D eigenvalue weighted by atomic mass is 10.2. The summed E-state index contributed by atoms with van der Waals surface area (Å²) in [7, 11) is 0. The smallest absolute Gasteiger partial charge is 0.347 e. The van der Waals surface area contributed by atoms with Crippen molar-refractivity contribution in [3.05, 3.63) is 74.9 Å². The first-order valence-corrected chi connectivity index (χ1v) is 7.18. The van der Waals surface area contributed by atoms with Crippen LogP contribution in [0.15, 0.2) is 53.6 Å². The van der Waals surface area contributed by atoms with Gasteiger partial charge in [0.15, 0.2) is 0 Å². The Balaban J connectivity index is 1.71. The lowest BCUT2D eigenvalue weighted by molar-refractivity contribution is 0.306. The second kappa shape index (κ2) is 6.25. The average molecular weight is 336 g/mol. The van der Waals surface area contributed by atoms with Crippen molar-refractivity contribution in [1.29, 1.82) is 0 Å². The van der Waals surface area contributed by atoms with Crippen molar-refractivity contribution >= 4 is 23.2 Å². The fraction of sp³-hybridized carbons (Fsp3) is 0.0667. The Bertz CT molecular complexity index is 840. The molecule has 22 heavy (non-hydrogen) atoms. The molecule has 0 saturated heterocycles. The zero-order valence-corrected chi connectivity index (χ0v) is 12.8. The van der Waals surface area contributed by atoms with Gasteiger partial charge in [0.25, 0.3) is 0 Å². The van der Waals surface area contributed by atoms with Gasteiger partial charge in [-0.2, -0.15) is 5.10 Å². The van der Waals surface area contributed by atoms with Gasteiger partial charge in [-0.3, -0.25) is 0 Å². The molecule has 0 aliphatic carbocycles. The summed E-state index contributed by atoms with van der Waals surface area (Å²) in [6.07, 6.45) is 1.42. The molecular formula is C15H11Cl2N3O2. The van der Waals surface area contributed by atoms with E-state index in [1.807, 2.05) is 6.07 Å². The van der Waals surface area contributed by atoms with Gasteiger partial charge in [-0.15, -0.1) is 0 Å². The molecule has 3 aromatic rings. The van der Waals surface area contributed by atoms with Crippen molar-refractivity contribution in [2.24, 2.45) is 0 Å². The molecule has 0 fully saturated rings. The molecule has 5 nitrogen and oxygen atoms in total. The third-order valence-electron chi connectivity index (χ3n) is 3.08. The predicted molar refractivity (Wildman–Crippen MR) is 85.0 cm³/mol. The zero-order chi connectivity index (χ0) is 15.5. The van der Waals surface area contributed by atoms with Gasteiger partial charge >= 0.3 is 5.69 Å². The van der Waals surface area contributed by atoms with E-state index in [1.54, 1.807) is 36.4 Å². The van der Waals surface area contributed by atoms with E-state index in [9.17, 15) is 4.79 Å². The molecule has 0 amide bonds. The SMILES string of the molecule is O=c1[nH]ncn1-c1ccc(OCc2ccc(Cl)cc2Cl)cc1. The van der Waals surface area contributed by atoms with Crippen molar-refractivity contribution in [2.75, 3.05) is 0 Å². The van der Waals surface area contributed by atoms with Crippen LogP contribution in [-0.4, -0.2) is 14.8 Å². The van der Waals surface area contributed by atoms with E-state index in [4.69, 9.17) is 27.9 Å². The Labute approximate surface area is 136 Å². The second-order valence-corrected chi connectivity index (χ2v) is 5.39. The number of ether oxygens (including phenoxy) is 1. The molecule has 1 N–H and O–H groups in total. The highest BCUT2D eigenvalue weighted by Crippen LogP contribution is 2.23. The molecule has 0 unspecified atom stereocenters. The van der Waals surface area contributed by atoms with Crippen LogP contribution in [0.5, 0.6) is 5.75 Å². The Kier molecular flexibility index (Phi) is 4.18. The number of aromatic amines is 1. The Morgan fingerprint density at radius 3 is 2.55 bits per heavy atom. The highest BCUT2D eigenvalue weighted by Gasteiger charge is 2.04. The minimum absolute atomic E-state index is 0.290. The van der Waals surface area contributed by atoms with Crippen molar-refractivity contribution in [3.63, 3.8) is 0 Å². The fourth-order valence-corrected chi connectivity index (χ4v) is 2.40. The minimum Gasteiger partial charge on any atom is -0.489 e. The van der Waals surface area contributed by atoms with Gasteiger partial charge in [0.1, 0.15) is 18.7 Å². The predicted octanol–water partition coefficient (Wildman–Crippen LogP) is 3.45. The maximum Gasteiger partial charge on any atom is 0.347 e. The first kappa shape index (κ1) is 14.7. The summed E-state index contributed by atoms with van der Waals surface area (Å²) in [6, 6.07) is 12.4. The van der Waals surface area contributed by atoms with E-state index >= 15 is 0 Å². The number of rotatable bonds is 4. The van der Waals surface area contributed by atoms with E-state index in [1.165, 1.54) is 10.9 Å². The molecule has 7 heteroatoms. The van der Waals surface area contributed by atoms with Gasteiger partial charge in [-0.25, -0.2) is 14.5 Å². The first-order chi connectivity index (χ1) is 10.6. The van der Waals surface area contributed by atoms with Crippen LogP contribution in [0.3, 0.4) is 0 Å². The van der Waals surface area contributed by atoms with Crippen LogP contribution in [0.2, 0.25) is 10.0 Å². The van der Waals surface area contributed by atoms with Crippen molar-refractivity contribution in [2.45, 2.75) is 6.61 Å². The molecule has 0 radical (unpaired) electrons. The van der Waals surface area contributed by atoms with Gasteiger partial charge in [-0.05, 0) is 36.4 Å². The number of hydrogen-bond acceptors (Lipinski definition) is 3. The largest absolute Gasteiger partial charge is 0.489 e. The molecule has 3 rings (SSSR count). The Morgan fingerprint density at radius 1 is 1.14 bits per heavy atom.